The summed E-state index contributed by atoms with van der Waals surface area (Å²) in [6.07, 6.45) is 0. The lowest BCUT2D eigenvalue weighted by Gasteiger charge is -2.34. The summed E-state index contributed by atoms with van der Waals surface area (Å²) in [6, 6.07) is 67.6. The van der Waals surface area contributed by atoms with E-state index < -0.39 is 5.41 Å². The summed E-state index contributed by atoms with van der Waals surface area (Å²) < 4.78 is 0. The molecule has 256 valence electrons. The Kier molecular flexibility index (Phi) is 7.71. The lowest BCUT2D eigenvalue weighted by molar-refractivity contribution is 0.769. The van der Waals surface area contributed by atoms with Crippen molar-refractivity contribution < 1.29 is 0 Å². The van der Waals surface area contributed by atoms with E-state index in [-0.39, 0.29) is 0 Å². The predicted molar refractivity (Wildman–Crippen MR) is 223 cm³/mol. The molecule has 8 aromatic carbocycles. The Balaban J connectivity index is 1.20. The van der Waals surface area contributed by atoms with Crippen molar-refractivity contribution in [2.75, 3.05) is 0 Å². The minimum Gasteiger partial charge on any atom is -0.238 e. The SMILES string of the molecule is [C-]#[N+]c1ccc2c(c1)-c1ccc(-c3ccccc3-c3nc(-c4ccccc4)nc(-c4ccc5ccccc5c4)n3)cc1C2(c1ccccc1)c1ccccc1. The average Bonchev–Trinajstić information content (AvgIpc) is 3.56. The van der Waals surface area contributed by atoms with Crippen LogP contribution in [0.15, 0.2) is 194 Å². The van der Waals surface area contributed by atoms with E-state index in [9.17, 15) is 0 Å². The smallest absolute Gasteiger partial charge is 0.187 e. The lowest BCUT2D eigenvalue weighted by atomic mass is 9.67. The van der Waals surface area contributed by atoms with Crippen LogP contribution in [0.25, 0.3) is 72.0 Å². The highest BCUT2D eigenvalue weighted by Gasteiger charge is 2.46. The number of fused-ring (bicyclic) bond motifs is 4. The van der Waals surface area contributed by atoms with Crippen molar-refractivity contribution in [1.82, 2.24) is 15.0 Å². The minimum atomic E-state index is -0.602. The number of rotatable bonds is 6. The zero-order valence-electron chi connectivity index (χ0n) is 29.8. The van der Waals surface area contributed by atoms with Crippen molar-refractivity contribution in [3.8, 4) is 56.4 Å². The van der Waals surface area contributed by atoms with Gasteiger partial charge in [-0.3, -0.25) is 0 Å². The van der Waals surface area contributed by atoms with Gasteiger partial charge in [0.1, 0.15) is 0 Å². The van der Waals surface area contributed by atoms with Crippen LogP contribution in [-0.2, 0) is 5.41 Å². The van der Waals surface area contributed by atoms with Gasteiger partial charge in [-0.1, -0.05) is 176 Å². The standard InChI is InChI=1S/C51H32N4/c1-52-41-28-30-46-45(33-41)43-29-27-37(32-47(43)51(46,39-19-7-3-8-20-39)40-21-9-4-10-22-40)42-23-13-14-24-44(42)50-54-48(35-16-5-2-6-17-35)53-49(55-50)38-26-25-34-15-11-12-18-36(34)31-38/h2-33H. The van der Waals surface area contributed by atoms with Crippen molar-refractivity contribution in [2.45, 2.75) is 5.41 Å². The topological polar surface area (TPSA) is 43.0 Å². The first-order chi connectivity index (χ1) is 27.2. The Morgan fingerprint density at radius 1 is 0.364 bits per heavy atom. The summed E-state index contributed by atoms with van der Waals surface area (Å²) in [6.45, 7) is 7.85. The first-order valence-corrected chi connectivity index (χ1v) is 18.4. The van der Waals surface area contributed by atoms with Gasteiger partial charge in [0.15, 0.2) is 23.2 Å². The molecule has 1 aliphatic carbocycles. The van der Waals surface area contributed by atoms with Gasteiger partial charge >= 0.3 is 0 Å². The first kappa shape index (κ1) is 32.2. The molecule has 0 atom stereocenters. The molecule has 10 rings (SSSR count). The monoisotopic (exact) mass is 700 g/mol. The molecule has 4 nitrogen and oxygen atoms in total. The molecule has 0 bridgehead atoms. The minimum absolute atomic E-state index is 0.602. The second-order valence-electron chi connectivity index (χ2n) is 13.9. The molecule has 1 aromatic heterocycles. The molecule has 1 heterocycles. The Morgan fingerprint density at radius 3 is 1.65 bits per heavy atom. The fourth-order valence-electron chi connectivity index (χ4n) is 8.32. The quantitative estimate of drug-likeness (QED) is 0.162. The van der Waals surface area contributed by atoms with Gasteiger partial charge in [-0.05, 0) is 73.5 Å². The maximum absolute atomic E-state index is 7.85. The Hall–Kier alpha value is -7.48. The van der Waals surface area contributed by atoms with Crippen molar-refractivity contribution in [3.05, 3.63) is 228 Å². The van der Waals surface area contributed by atoms with E-state index in [0.29, 0.717) is 23.2 Å². The molecular formula is C51H32N4. The first-order valence-electron chi connectivity index (χ1n) is 18.4. The van der Waals surface area contributed by atoms with Gasteiger partial charge in [-0.15, -0.1) is 0 Å². The Labute approximate surface area is 319 Å². The molecule has 0 spiro atoms. The Bertz CT molecular complexity index is 2890. The van der Waals surface area contributed by atoms with Gasteiger partial charge in [0.05, 0.1) is 12.0 Å². The molecule has 4 heteroatoms. The number of aromatic nitrogens is 3. The lowest BCUT2D eigenvalue weighted by Crippen LogP contribution is -2.28. The van der Waals surface area contributed by atoms with E-state index in [4.69, 9.17) is 21.5 Å². The number of hydrogen-bond acceptors (Lipinski definition) is 3. The average molecular weight is 701 g/mol. The van der Waals surface area contributed by atoms with Crippen molar-refractivity contribution in [1.29, 1.82) is 0 Å². The predicted octanol–water partition coefficient (Wildman–Crippen LogP) is 12.6. The fourth-order valence-corrected chi connectivity index (χ4v) is 8.32. The third-order valence-corrected chi connectivity index (χ3v) is 10.8. The van der Waals surface area contributed by atoms with Crippen LogP contribution >= 0.6 is 0 Å². The van der Waals surface area contributed by atoms with Crippen molar-refractivity contribution >= 4 is 16.5 Å². The molecule has 0 fully saturated rings. The molecule has 0 aliphatic heterocycles. The highest BCUT2D eigenvalue weighted by atomic mass is 15.0. The number of hydrogen-bond donors (Lipinski definition) is 0. The zero-order valence-corrected chi connectivity index (χ0v) is 29.8. The van der Waals surface area contributed by atoms with Gasteiger partial charge in [0.2, 0.25) is 0 Å². The molecule has 0 amide bonds. The summed E-state index contributed by atoms with van der Waals surface area (Å²) in [7, 11) is 0. The van der Waals surface area contributed by atoms with E-state index in [1.807, 2.05) is 48.5 Å². The summed E-state index contributed by atoms with van der Waals surface area (Å²) in [5, 5.41) is 2.30. The third-order valence-electron chi connectivity index (χ3n) is 10.8. The van der Waals surface area contributed by atoms with Gasteiger partial charge in [0.25, 0.3) is 0 Å². The van der Waals surface area contributed by atoms with Crippen LogP contribution in [0.1, 0.15) is 22.3 Å². The van der Waals surface area contributed by atoms with E-state index in [2.05, 4.69) is 150 Å². The van der Waals surface area contributed by atoms with Gasteiger partial charge in [-0.2, -0.15) is 0 Å². The van der Waals surface area contributed by atoms with Crippen LogP contribution < -0.4 is 0 Å². The maximum atomic E-state index is 7.85. The van der Waals surface area contributed by atoms with Crippen LogP contribution in [-0.4, -0.2) is 15.0 Å². The second-order valence-corrected chi connectivity index (χ2v) is 13.9. The largest absolute Gasteiger partial charge is 0.238 e. The second kappa shape index (κ2) is 13.2. The molecular weight excluding hydrogens is 669 g/mol. The van der Waals surface area contributed by atoms with Gasteiger partial charge in [0, 0.05) is 16.7 Å². The van der Waals surface area contributed by atoms with E-state index in [0.717, 1.165) is 44.3 Å². The summed E-state index contributed by atoms with van der Waals surface area (Å²) in [5.74, 6) is 1.85. The van der Waals surface area contributed by atoms with Gasteiger partial charge < -0.3 is 0 Å². The fraction of sp³-hybridized carbons (Fsp3) is 0.0196. The number of benzene rings is 8. The van der Waals surface area contributed by atoms with E-state index in [1.54, 1.807) is 0 Å². The summed E-state index contributed by atoms with van der Waals surface area (Å²) >= 11 is 0. The molecule has 0 saturated heterocycles. The van der Waals surface area contributed by atoms with Crippen LogP contribution in [0.3, 0.4) is 0 Å². The van der Waals surface area contributed by atoms with Crippen molar-refractivity contribution in [3.63, 3.8) is 0 Å². The maximum Gasteiger partial charge on any atom is 0.187 e. The molecule has 0 unspecified atom stereocenters. The number of nitrogens with zero attached hydrogens (tertiary/aromatic N) is 4. The van der Waals surface area contributed by atoms with Crippen LogP contribution in [0.4, 0.5) is 5.69 Å². The van der Waals surface area contributed by atoms with Crippen LogP contribution in [0, 0.1) is 6.57 Å². The van der Waals surface area contributed by atoms with E-state index in [1.165, 1.54) is 27.6 Å². The normalized spacial score (nSPS) is 12.5. The highest BCUT2D eigenvalue weighted by Crippen LogP contribution is 2.57. The third kappa shape index (κ3) is 5.33. The highest BCUT2D eigenvalue weighted by molar-refractivity contribution is 5.92. The van der Waals surface area contributed by atoms with Gasteiger partial charge in [-0.25, -0.2) is 19.8 Å². The zero-order chi connectivity index (χ0) is 36.8. The molecule has 1 aliphatic rings. The van der Waals surface area contributed by atoms with E-state index >= 15 is 0 Å². The van der Waals surface area contributed by atoms with Crippen LogP contribution in [0.2, 0.25) is 0 Å². The molecule has 0 N–H and O–H groups in total. The summed E-state index contributed by atoms with van der Waals surface area (Å²) in [5.41, 5.74) is 11.8. The van der Waals surface area contributed by atoms with Crippen molar-refractivity contribution in [2.24, 2.45) is 0 Å². The van der Waals surface area contributed by atoms with Crippen LogP contribution in [0.5, 0.6) is 0 Å². The molecule has 9 aromatic rings. The summed E-state index contributed by atoms with van der Waals surface area (Å²) in [4.78, 5) is 19.2. The molecule has 55 heavy (non-hydrogen) atoms. The Morgan fingerprint density at radius 2 is 0.945 bits per heavy atom. The molecule has 0 radical (unpaired) electrons. The molecule has 0 saturated carbocycles.